The number of ether oxygens (including phenoxy) is 2. The van der Waals surface area contributed by atoms with E-state index in [2.05, 4.69) is 16.8 Å². The maximum Gasteiger partial charge on any atom is 1.00 e. The Bertz CT molecular complexity index is 616. The molecular formula is C26H51NNaO8P. The van der Waals surface area contributed by atoms with Crippen LogP contribution in [-0.2, 0) is 27.9 Å². The van der Waals surface area contributed by atoms with Crippen LogP contribution in [0.5, 0.6) is 0 Å². The normalized spacial score (nSPS) is 12.9. The van der Waals surface area contributed by atoms with Gasteiger partial charge in [-0.15, -0.1) is 0 Å². The molecular weight excluding hydrogens is 508 g/mol. The third kappa shape index (κ3) is 30.3. The number of hydrogen-bond acceptors (Lipinski definition) is 8. The van der Waals surface area contributed by atoms with Gasteiger partial charge in [0.1, 0.15) is 5.60 Å². The van der Waals surface area contributed by atoms with Crippen LogP contribution in [0.3, 0.4) is 0 Å². The van der Waals surface area contributed by atoms with Crippen molar-refractivity contribution in [2.24, 2.45) is 0 Å². The summed E-state index contributed by atoms with van der Waals surface area (Å²) in [4.78, 5) is 34.9. The molecule has 1 N–H and O–H groups in total. The molecule has 0 radical (unpaired) electrons. The third-order valence-electron chi connectivity index (χ3n) is 5.31. The van der Waals surface area contributed by atoms with Crippen molar-refractivity contribution in [3.05, 3.63) is 0 Å². The topological polar surface area (TPSA) is 123 Å². The van der Waals surface area contributed by atoms with Crippen LogP contribution in [-0.4, -0.2) is 44.0 Å². The monoisotopic (exact) mass is 559 g/mol. The van der Waals surface area contributed by atoms with E-state index in [-0.39, 0.29) is 68.3 Å². The maximum absolute atomic E-state index is 11.8. The number of carbonyl (C=O) groups is 2. The SMILES string of the molecule is CCCCCCCCCCCCCCCC(=O)OCCCOP(=O)([O-])OCCNC(=O)OC(C)(C)C.[Na+]. The predicted octanol–water partition coefficient (Wildman–Crippen LogP) is 3.43. The minimum Gasteiger partial charge on any atom is -0.756 e. The number of hydrogen-bond donors (Lipinski definition) is 1. The number of unbranched alkanes of at least 4 members (excludes halogenated alkanes) is 12. The molecule has 1 unspecified atom stereocenters. The molecule has 0 heterocycles. The first-order valence-corrected chi connectivity index (χ1v) is 15.2. The number of alkyl carbamates (subject to hydrolysis) is 1. The number of rotatable bonds is 23. The number of carbonyl (C=O) groups excluding carboxylic acids is 2. The first-order valence-electron chi connectivity index (χ1n) is 13.8. The zero-order chi connectivity index (χ0) is 27.1. The van der Waals surface area contributed by atoms with E-state index in [9.17, 15) is 19.0 Å². The Labute approximate surface area is 247 Å². The van der Waals surface area contributed by atoms with Crippen LogP contribution in [0.1, 0.15) is 124 Å². The zero-order valence-corrected chi connectivity index (χ0v) is 27.0. The van der Waals surface area contributed by atoms with Crippen LogP contribution >= 0.6 is 7.82 Å². The maximum atomic E-state index is 11.8. The van der Waals surface area contributed by atoms with E-state index in [0.717, 1.165) is 19.3 Å². The zero-order valence-electron chi connectivity index (χ0n) is 24.1. The molecule has 11 heteroatoms. The number of phosphoric ester groups is 1. The van der Waals surface area contributed by atoms with Crippen LogP contribution in [0.15, 0.2) is 0 Å². The Morgan fingerprint density at radius 3 is 1.76 bits per heavy atom. The molecule has 37 heavy (non-hydrogen) atoms. The molecule has 0 aromatic rings. The molecule has 0 aromatic carbocycles. The largest absolute Gasteiger partial charge is 1.00 e. The molecule has 1 atom stereocenters. The average Bonchev–Trinajstić information content (AvgIpc) is 2.78. The first-order chi connectivity index (χ1) is 17.1. The van der Waals surface area contributed by atoms with Gasteiger partial charge in [0.25, 0.3) is 7.82 Å². The van der Waals surface area contributed by atoms with Gasteiger partial charge in [0.15, 0.2) is 0 Å². The Morgan fingerprint density at radius 2 is 1.24 bits per heavy atom. The van der Waals surface area contributed by atoms with Crippen molar-refractivity contribution < 1.29 is 67.1 Å². The van der Waals surface area contributed by atoms with Crippen molar-refractivity contribution in [3.8, 4) is 0 Å². The first kappa shape index (κ1) is 39.0. The quantitative estimate of drug-likeness (QED) is 0.0874. The van der Waals surface area contributed by atoms with Crippen LogP contribution < -0.4 is 39.8 Å². The number of esters is 1. The fourth-order valence-electron chi connectivity index (χ4n) is 3.44. The van der Waals surface area contributed by atoms with E-state index >= 15 is 0 Å². The van der Waals surface area contributed by atoms with Crippen molar-refractivity contribution in [2.75, 3.05) is 26.4 Å². The predicted molar refractivity (Wildman–Crippen MR) is 140 cm³/mol. The number of phosphoric acid groups is 1. The van der Waals surface area contributed by atoms with Crippen molar-refractivity contribution >= 4 is 19.9 Å². The molecule has 1 amide bonds. The van der Waals surface area contributed by atoms with Gasteiger partial charge in [0.2, 0.25) is 0 Å². The summed E-state index contributed by atoms with van der Waals surface area (Å²) in [6.45, 7) is 7.05. The second kappa shape index (κ2) is 24.9. The van der Waals surface area contributed by atoms with E-state index in [1.54, 1.807) is 20.8 Å². The molecule has 0 aliphatic carbocycles. The summed E-state index contributed by atoms with van der Waals surface area (Å²) < 4.78 is 31.2. The fraction of sp³-hybridized carbons (Fsp3) is 0.923. The molecule has 0 aliphatic heterocycles. The summed E-state index contributed by atoms with van der Waals surface area (Å²) in [5.41, 5.74) is -0.641. The second-order valence-corrected chi connectivity index (χ2v) is 11.5. The van der Waals surface area contributed by atoms with Crippen molar-refractivity contribution in [1.82, 2.24) is 5.32 Å². The Hall–Kier alpha value is -0.150. The van der Waals surface area contributed by atoms with Gasteiger partial charge in [-0.25, -0.2) is 4.79 Å². The Kier molecular flexibility index (Phi) is 26.2. The molecule has 9 nitrogen and oxygen atoms in total. The minimum atomic E-state index is -4.48. The summed E-state index contributed by atoms with van der Waals surface area (Å²) in [6, 6.07) is 0. The molecule has 214 valence electrons. The van der Waals surface area contributed by atoms with E-state index < -0.39 is 19.5 Å². The molecule has 0 spiro atoms. The van der Waals surface area contributed by atoms with Crippen molar-refractivity contribution in [3.63, 3.8) is 0 Å². The van der Waals surface area contributed by atoms with Gasteiger partial charge in [-0.3, -0.25) is 9.36 Å². The number of nitrogens with one attached hydrogen (secondary N) is 1. The van der Waals surface area contributed by atoms with Crippen LogP contribution in [0, 0.1) is 0 Å². The van der Waals surface area contributed by atoms with Gasteiger partial charge in [-0.05, 0) is 27.2 Å². The molecule has 0 saturated heterocycles. The smallest absolute Gasteiger partial charge is 0.756 e. The molecule has 0 aromatic heterocycles. The summed E-state index contributed by atoms with van der Waals surface area (Å²) in [7, 11) is -4.48. The van der Waals surface area contributed by atoms with E-state index in [4.69, 9.17) is 14.0 Å². The summed E-state index contributed by atoms with van der Waals surface area (Å²) in [5.74, 6) is -0.271. The molecule has 0 rings (SSSR count). The molecule has 0 aliphatic rings. The Morgan fingerprint density at radius 1 is 0.757 bits per heavy atom. The molecule has 0 fully saturated rings. The third-order valence-corrected chi connectivity index (χ3v) is 6.30. The van der Waals surface area contributed by atoms with Crippen LogP contribution in [0.2, 0.25) is 0 Å². The van der Waals surface area contributed by atoms with E-state index in [0.29, 0.717) is 6.42 Å². The average molecular weight is 560 g/mol. The van der Waals surface area contributed by atoms with Gasteiger partial charge in [-0.2, -0.15) is 0 Å². The van der Waals surface area contributed by atoms with Crippen molar-refractivity contribution in [1.29, 1.82) is 0 Å². The van der Waals surface area contributed by atoms with Crippen LogP contribution in [0.25, 0.3) is 0 Å². The molecule has 0 saturated carbocycles. The standard InChI is InChI=1S/C26H52NO8P.Na/c1-5-6-7-8-9-10-11-12-13-14-15-16-17-19-24(28)32-21-18-22-33-36(30,31)34-23-20-27-25(29)35-26(2,3)4;/h5-23H2,1-4H3,(H,27,29)(H,30,31);/q;+1/p-1. The van der Waals surface area contributed by atoms with Crippen molar-refractivity contribution in [2.45, 2.75) is 130 Å². The minimum absolute atomic E-state index is 0. The fourth-order valence-corrected chi connectivity index (χ4v) is 4.18. The van der Waals surface area contributed by atoms with E-state index in [1.807, 2.05) is 0 Å². The van der Waals surface area contributed by atoms with Gasteiger partial charge < -0.3 is 28.7 Å². The van der Waals surface area contributed by atoms with Gasteiger partial charge >= 0.3 is 41.6 Å². The Balaban J connectivity index is 0. The van der Waals surface area contributed by atoms with Crippen LogP contribution in [0.4, 0.5) is 4.79 Å². The molecule has 0 bridgehead atoms. The van der Waals surface area contributed by atoms with Gasteiger partial charge in [-0.1, -0.05) is 84.0 Å². The van der Waals surface area contributed by atoms with Gasteiger partial charge in [0.05, 0.1) is 19.8 Å². The second-order valence-electron chi connectivity index (χ2n) is 10.1. The van der Waals surface area contributed by atoms with Gasteiger partial charge in [0, 0.05) is 19.4 Å². The summed E-state index contributed by atoms with van der Waals surface area (Å²) in [5, 5.41) is 2.39. The van der Waals surface area contributed by atoms with E-state index in [1.165, 1.54) is 64.2 Å². The number of amides is 1. The summed E-state index contributed by atoms with van der Waals surface area (Å²) in [6.07, 6.45) is 16.2. The summed E-state index contributed by atoms with van der Waals surface area (Å²) >= 11 is 0.